The lowest BCUT2D eigenvalue weighted by Gasteiger charge is -2.24. The van der Waals surface area contributed by atoms with Gasteiger partial charge in [-0.25, -0.2) is 0 Å². The van der Waals surface area contributed by atoms with E-state index in [0.29, 0.717) is 18.1 Å². The molecule has 0 aliphatic carbocycles. The van der Waals surface area contributed by atoms with Crippen LogP contribution in [0.4, 0.5) is 0 Å². The van der Waals surface area contributed by atoms with Crippen molar-refractivity contribution < 1.29 is 19.1 Å². The maximum atomic E-state index is 12.7. The molecule has 2 rings (SSSR count). The third-order valence-corrected chi connectivity index (χ3v) is 4.95. The van der Waals surface area contributed by atoms with Crippen LogP contribution in [0.25, 0.3) is 6.08 Å². The van der Waals surface area contributed by atoms with E-state index in [4.69, 9.17) is 16.3 Å². The van der Waals surface area contributed by atoms with Crippen molar-refractivity contribution in [2.24, 2.45) is 0 Å². The van der Waals surface area contributed by atoms with Gasteiger partial charge in [-0.3, -0.25) is 14.4 Å². The molecule has 1 unspecified atom stereocenters. The Morgan fingerprint density at radius 3 is 2.34 bits per heavy atom. The van der Waals surface area contributed by atoms with Crippen LogP contribution in [-0.4, -0.2) is 48.9 Å². The molecule has 170 valence electrons. The molecule has 0 saturated carbocycles. The van der Waals surface area contributed by atoms with Crippen LogP contribution in [0.5, 0.6) is 5.75 Å². The zero-order valence-electron chi connectivity index (χ0n) is 18.4. The standard InChI is InChI=1S/C24H28ClN3O4/c1-4-28(16-23(30)26-15-19-5-10-20(25)11-6-19)24(31)17(2)27-22(29)14-9-18-7-12-21(32-3)13-8-18/h5-14,17H,4,15-16H2,1-3H3,(H,26,30)(H,27,29)/b14-9+. The second-order valence-corrected chi connectivity index (χ2v) is 7.53. The Labute approximate surface area is 193 Å². The number of rotatable bonds is 10. The quantitative estimate of drug-likeness (QED) is 0.537. The van der Waals surface area contributed by atoms with Crippen molar-refractivity contribution >= 4 is 35.4 Å². The molecular weight excluding hydrogens is 430 g/mol. The number of nitrogens with one attached hydrogen (secondary N) is 2. The number of ether oxygens (including phenoxy) is 1. The van der Waals surface area contributed by atoms with E-state index in [-0.39, 0.29) is 18.4 Å². The Morgan fingerprint density at radius 1 is 1.09 bits per heavy atom. The number of likely N-dealkylation sites (N-methyl/N-ethyl adjacent to an activating group) is 1. The first-order chi connectivity index (χ1) is 15.3. The fourth-order valence-electron chi connectivity index (χ4n) is 2.86. The molecule has 0 aromatic heterocycles. The summed E-state index contributed by atoms with van der Waals surface area (Å²) < 4.78 is 5.10. The summed E-state index contributed by atoms with van der Waals surface area (Å²) in [7, 11) is 1.58. The van der Waals surface area contributed by atoms with E-state index >= 15 is 0 Å². The van der Waals surface area contributed by atoms with Crippen LogP contribution < -0.4 is 15.4 Å². The normalized spacial score (nSPS) is 11.6. The number of carbonyl (C=O) groups is 3. The molecule has 0 aliphatic rings. The highest BCUT2D eigenvalue weighted by atomic mass is 35.5. The van der Waals surface area contributed by atoms with E-state index < -0.39 is 11.9 Å². The SMILES string of the molecule is CCN(CC(=O)NCc1ccc(Cl)cc1)C(=O)C(C)NC(=O)/C=C/c1ccc(OC)cc1. The van der Waals surface area contributed by atoms with Crippen molar-refractivity contribution in [3.8, 4) is 5.75 Å². The molecule has 8 heteroatoms. The first-order valence-electron chi connectivity index (χ1n) is 10.2. The lowest BCUT2D eigenvalue weighted by molar-refractivity contribution is -0.138. The zero-order valence-corrected chi connectivity index (χ0v) is 19.2. The van der Waals surface area contributed by atoms with Gasteiger partial charge in [0.05, 0.1) is 13.7 Å². The van der Waals surface area contributed by atoms with Gasteiger partial charge in [0.25, 0.3) is 0 Å². The fraction of sp³-hybridized carbons (Fsp3) is 0.292. The zero-order chi connectivity index (χ0) is 23.5. The van der Waals surface area contributed by atoms with Crippen molar-refractivity contribution in [3.63, 3.8) is 0 Å². The van der Waals surface area contributed by atoms with Gasteiger partial charge < -0.3 is 20.3 Å². The third-order valence-electron chi connectivity index (χ3n) is 4.70. The number of hydrogen-bond acceptors (Lipinski definition) is 4. The van der Waals surface area contributed by atoms with Crippen molar-refractivity contribution in [1.82, 2.24) is 15.5 Å². The summed E-state index contributed by atoms with van der Waals surface area (Å²) in [5, 5.41) is 6.04. The maximum Gasteiger partial charge on any atom is 0.245 e. The van der Waals surface area contributed by atoms with Crippen molar-refractivity contribution in [1.29, 1.82) is 0 Å². The van der Waals surface area contributed by atoms with Gasteiger partial charge in [-0.2, -0.15) is 0 Å². The van der Waals surface area contributed by atoms with E-state index in [1.807, 2.05) is 24.3 Å². The number of amides is 3. The summed E-state index contributed by atoms with van der Waals surface area (Å²) >= 11 is 5.85. The number of carbonyl (C=O) groups excluding carboxylic acids is 3. The van der Waals surface area contributed by atoms with Crippen LogP contribution in [-0.2, 0) is 20.9 Å². The van der Waals surface area contributed by atoms with E-state index in [0.717, 1.165) is 16.9 Å². The minimum absolute atomic E-state index is 0.0924. The van der Waals surface area contributed by atoms with Gasteiger partial charge in [0, 0.05) is 24.2 Å². The van der Waals surface area contributed by atoms with Gasteiger partial charge >= 0.3 is 0 Å². The second-order valence-electron chi connectivity index (χ2n) is 7.09. The molecule has 0 radical (unpaired) electrons. The fourth-order valence-corrected chi connectivity index (χ4v) is 2.99. The number of halogens is 1. The van der Waals surface area contributed by atoms with Crippen molar-refractivity contribution in [3.05, 3.63) is 70.8 Å². The smallest absolute Gasteiger partial charge is 0.245 e. The van der Waals surface area contributed by atoms with Gasteiger partial charge in [-0.1, -0.05) is 35.9 Å². The predicted octanol–water partition coefficient (Wildman–Crippen LogP) is 3.03. The molecule has 0 fully saturated rings. The van der Waals surface area contributed by atoms with Gasteiger partial charge in [-0.05, 0) is 55.3 Å². The van der Waals surface area contributed by atoms with Gasteiger partial charge in [-0.15, -0.1) is 0 Å². The monoisotopic (exact) mass is 457 g/mol. The predicted molar refractivity (Wildman–Crippen MR) is 125 cm³/mol. The van der Waals surface area contributed by atoms with E-state index in [1.54, 1.807) is 51.3 Å². The van der Waals surface area contributed by atoms with E-state index in [2.05, 4.69) is 10.6 Å². The highest BCUT2D eigenvalue weighted by Gasteiger charge is 2.22. The van der Waals surface area contributed by atoms with Crippen LogP contribution >= 0.6 is 11.6 Å². The molecule has 3 amide bonds. The average molecular weight is 458 g/mol. The number of benzene rings is 2. The summed E-state index contributed by atoms with van der Waals surface area (Å²) in [5.74, 6) is -0.291. The van der Waals surface area contributed by atoms with Crippen LogP contribution in [0.1, 0.15) is 25.0 Å². The topological polar surface area (TPSA) is 87.7 Å². The molecule has 0 spiro atoms. The summed E-state index contributed by atoms with van der Waals surface area (Å²) in [4.78, 5) is 38.5. The molecule has 2 aromatic carbocycles. The van der Waals surface area contributed by atoms with E-state index in [1.165, 1.54) is 11.0 Å². The first-order valence-corrected chi connectivity index (χ1v) is 10.6. The largest absolute Gasteiger partial charge is 0.497 e. The summed E-state index contributed by atoms with van der Waals surface area (Å²) in [6.45, 7) is 3.96. The minimum atomic E-state index is -0.771. The summed E-state index contributed by atoms with van der Waals surface area (Å²) in [6.07, 6.45) is 3.01. The Bertz CT molecular complexity index is 943. The molecule has 0 bridgehead atoms. The van der Waals surface area contributed by atoms with Crippen LogP contribution in [0.15, 0.2) is 54.6 Å². The van der Waals surface area contributed by atoms with E-state index in [9.17, 15) is 14.4 Å². The molecule has 2 N–H and O–H groups in total. The lowest BCUT2D eigenvalue weighted by Crippen LogP contribution is -2.49. The molecule has 0 heterocycles. The Morgan fingerprint density at radius 2 is 1.75 bits per heavy atom. The Kier molecular flexibility index (Phi) is 9.76. The van der Waals surface area contributed by atoms with Gasteiger partial charge in [0.2, 0.25) is 17.7 Å². The molecular formula is C24H28ClN3O4. The molecule has 0 aliphatic heterocycles. The second kappa shape index (κ2) is 12.5. The highest BCUT2D eigenvalue weighted by molar-refractivity contribution is 6.30. The van der Waals surface area contributed by atoms with Gasteiger partial charge in [0.1, 0.15) is 11.8 Å². The molecule has 7 nitrogen and oxygen atoms in total. The number of hydrogen-bond donors (Lipinski definition) is 2. The molecule has 2 aromatic rings. The van der Waals surface area contributed by atoms with Crippen LogP contribution in [0, 0.1) is 0 Å². The summed E-state index contributed by atoms with van der Waals surface area (Å²) in [6, 6.07) is 13.6. The maximum absolute atomic E-state index is 12.7. The summed E-state index contributed by atoms with van der Waals surface area (Å²) in [5.41, 5.74) is 1.73. The Hall–Kier alpha value is -3.32. The highest BCUT2D eigenvalue weighted by Crippen LogP contribution is 2.12. The lowest BCUT2D eigenvalue weighted by atomic mass is 10.2. The number of methoxy groups -OCH3 is 1. The number of nitrogens with zero attached hydrogens (tertiary/aromatic N) is 1. The third kappa shape index (κ3) is 8.07. The molecule has 0 saturated heterocycles. The van der Waals surface area contributed by atoms with Gasteiger partial charge in [0.15, 0.2) is 0 Å². The van der Waals surface area contributed by atoms with Crippen molar-refractivity contribution in [2.45, 2.75) is 26.4 Å². The minimum Gasteiger partial charge on any atom is -0.497 e. The molecule has 1 atom stereocenters. The van der Waals surface area contributed by atoms with Crippen molar-refractivity contribution in [2.75, 3.05) is 20.2 Å². The Balaban J connectivity index is 1.83. The first kappa shape index (κ1) is 24.9. The van der Waals surface area contributed by atoms with Crippen LogP contribution in [0.3, 0.4) is 0 Å². The van der Waals surface area contributed by atoms with Crippen LogP contribution in [0.2, 0.25) is 5.02 Å². The average Bonchev–Trinajstić information content (AvgIpc) is 2.80. The molecule has 32 heavy (non-hydrogen) atoms.